The van der Waals surface area contributed by atoms with Gasteiger partial charge in [0.1, 0.15) is 6.54 Å². The predicted octanol–water partition coefficient (Wildman–Crippen LogP) is 3.30. The summed E-state index contributed by atoms with van der Waals surface area (Å²) >= 11 is 0. The molecule has 2 heterocycles. The number of carbonyl (C=O) groups excluding carboxylic acids is 1. The van der Waals surface area contributed by atoms with Gasteiger partial charge in [0.25, 0.3) is 5.56 Å². The Kier molecular flexibility index (Phi) is 7.11. The van der Waals surface area contributed by atoms with Crippen molar-refractivity contribution in [1.29, 1.82) is 0 Å². The van der Waals surface area contributed by atoms with Gasteiger partial charge in [0.05, 0.1) is 12.9 Å². The second kappa shape index (κ2) is 10.8. The van der Waals surface area contributed by atoms with Crippen molar-refractivity contribution in [2.24, 2.45) is 0 Å². The number of imidazole rings is 1. The van der Waals surface area contributed by atoms with Gasteiger partial charge in [0.15, 0.2) is 11.2 Å². The molecule has 0 bridgehead atoms. The van der Waals surface area contributed by atoms with Crippen LogP contribution in [0.2, 0.25) is 0 Å². The number of carbonyl (C=O) groups is 1. The molecule has 1 aliphatic carbocycles. The van der Waals surface area contributed by atoms with Crippen molar-refractivity contribution in [2.75, 3.05) is 0 Å². The number of aromatic nitrogens is 4. The van der Waals surface area contributed by atoms with Gasteiger partial charge in [-0.2, -0.15) is 0 Å². The molecule has 0 saturated heterocycles. The van der Waals surface area contributed by atoms with Gasteiger partial charge >= 0.3 is 5.69 Å². The van der Waals surface area contributed by atoms with E-state index in [9.17, 15) is 14.4 Å². The maximum absolute atomic E-state index is 13.6. The van der Waals surface area contributed by atoms with E-state index in [-0.39, 0.29) is 25.0 Å². The fourth-order valence-electron chi connectivity index (χ4n) is 5.03. The number of hydrogen-bond acceptors (Lipinski definition) is 4. The molecule has 0 aliphatic heterocycles. The summed E-state index contributed by atoms with van der Waals surface area (Å²) in [6, 6.07) is 19.4. The molecule has 186 valence electrons. The second-order valence-electron chi connectivity index (χ2n) is 9.53. The van der Waals surface area contributed by atoms with Gasteiger partial charge in [-0.15, -0.1) is 0 Å². The highest BCUT2D eigenvalue weighted by atomic mass is 16.2. The Bertz CT molecular complexity index is 1450. The first-order valence-corrected chi connectivity index (χ1v) is 12.7. The van der Waals surface area contributed by atoms with Crippen molar-refractivity contribution in [1.82, 2.24) is 24.0 Å². The second-order valence-corrected chi connectivity index (χ2v) is 9.53. The molecule has 0 radical (unpaired) electrons. The summed E-state index contributed by atoms with van der Waals surface area (Å²) in [5.41, 5.74) is 1.53. The van der Waals surface area contributed by atoms with Crippen LogP contribution in [0, 0.1) is 0 Å². The van der Waals surface area contributed by atoms with Crippen LogP contribution in [0.3, 0.4) is 0 Å². The molecular formula is C28H31N5O3. The molecule has 1 saturated carbocycles. The first kappa shape index (κ1) is 23.8. The fraction of sp³-hybridized carbons (Fsp3) is 0.357. The largest absolute Gasteiger partial charge is 0.352 e. The summed E-state index contributed by atoms with van der Waals surface area (Å²) < 4.78 is 4.31. The number of hydrogen-bond donors (Lipinski definition) is 1. The molecule has 8 nitrogen and oxygen atoms in total. The van der Waals surface area contributed by atoms with E-state index >= 15 is 0 Å². The van der Waals surface area contributed by atoms with Crippen molar-refractivity contribution in [2.45, 2.75) is 64.2 Å². The van der Waals surface area contributed by atoms with Gasteiger partial charge in [-0.05, 0) is 24.0 Å². The third-order valence-electron chi connectivity index (χ3n) is 6.88. The van der Waals surface area contributed by atoms with E-state index in [1.54, 1.807) is 10.9 Å². The van der Waals surface area contributed by atoms with Crippen LogP contribution in [0.15, 0.2) is 76.6 Å². The lowest BCUT2D eigenvalue weighted by Gasteiger charge is -2.17. The summed E-state index contributed by atoms with van der Waals surface area (Å²) in [6.45, 7) is 0.378. The molecule has 0 spiro atoms. The Labute approximate surface area is 209 Å². The highest BCUT2D eigenvalue weighted by molar-refractivity contribution is 5.77. The van der Waals surface area contributed by atoms with Crippen LogP contribution in [-0.4, -0.2) is 30.6 Å². The van der Waals surface area contributed by atoms with Gasteiger partial charge in [-0.3, -0.25) is 14.2 Å². The van der Waals surface area contributed by atoms with E-state index in [0.29, 0.717) is 17.7 Å². The zero-order valence-electron chi connectivity index (χ0n) is 20.3. The highest BCUT2D eigenvalue weighted by Gasteiger charge is 2.21. The number of nitrogens with zero attached hydrogens (tertiary/aromatic N) is 4. The molecule has 0 atom stereocenters. The van der Waals surface area contributed by atoms with Crippen LogP contribution < -0.4 is 16.6 Å². The standard InChI is InChI=1S/C28H31N5O3/c34-24(30-23-15-9-1-2-10-16-23)19-33-27(35)25-26(29-20-31(25)17-21-11-5-3-6-12-21)32(28(33)36)18-22-13-7-4-8-14-22/h3-8,11-14,20,23H,1-2,9-10,15-19H2,(H,30,34). The van der Waals surface area contributed by atoms with Crippen LogP contribution in [0.1, 0.15) is 49.7 Å². The van der Waals surface area contributed by atoms with Crippen LogP contribution in [0.25, 0.3) is 11.2 Å². The van der Waals surface area contributed by atoms with Crippen LogP contribution in [-0.2, 0) is 24.4 Å². The van der Waals surface area contributed by atoms with Gasteiger partial charge < -0.3 is 9.88 Å². The average Bonchev–Trinajstić information content (AvgIpc) is 3.13. The molecule has 1 N–H and O–H groups in total. The first-order chi connectivity index (χ1) is 17.6. The Hall–Kier alpha value is -3.94. The monoisotopic (exact) mass is 485 g/mol. The summed E-state index contributed by atoms with van der Waals surface area (Å²) in [5, 5.41) is 3.06. The van der Waals surface area contributed by atoms with Gasteiger partial charge in [0, 0.05) is 12.6 Å². The third kappa shape index (κ3) is 5.17. The molecule has 2 aromatic heterocycles. The molecule has 1 amide bonds. The minimum absolute atomic E-state index is 0.0922. The molecule has 1 fully saturated rings. The lowest BCUT2D eigenvalue weighted by molar-refractivity contribution is -0.122. The first-order valence-electron chi connectivity index (χ1n) is 12.7. The normalized spacial score (nSPS) is 14.6. The van der Waals surface area contributed by atoms with Crippen molar-refractivity contribution >= 4 is 17.1 Å². The average molecular weight is 486 g/mol. The molecule has 4 aromatic rings. The van der Waals surface area contributed by atoms with Crippen LogP contribution in [0.5, 0.6) is 0 Å². The predicted molar refractivity (Wildman–Crippen MR) is 139 cm³/mol. The molecule has 5 rings (SSSR count). The lowest BCUT2D eigenvalue weighted by atomic mass is 10.1. The summed E-state index contributed by atoms with van der Waals surface area (Å²) in [7, 11) is 0. The summed E-state index contributed by atoms with van der Waals surface area (Å²) in [4.78, 5) is 44.6. The van der Waals surface area contributed by atoms with Crippen LogP contribution in [0.4, 0.5) is 0 Å². The number of amides is 1. The van der Waals surface area contributed by atoms with Crippen molar-refractivity contribution in [3.05, 3.63) is 99.0 Å². The Morgan fingerprint density at radius 1 is 0.833 bits per heavy atom. The molecular weight excluding hydrogens is 454 g/mol. The minimum atomic E-state index is -0.530. The van der Waals surface area contributed by atoms with E-state index in [2.05, 4.69) is 10.3 Å². The van der Waals surface area contributed by atoms with Crippen molar-refractivity contribution < 1.29 is 4.79 Å². The summed E-state index contributed by atoms with van der Waals surface area (Å²) in [5.74, 6) is -0.305. The van der Waals surface area contributed by atoms with E-state index in [0.717, 1.165) is 41.4 Å². The van der Waals surface area contributed by atoms with E-state index in [1.807, 2.05) is 60.7 Å². The van der Waals surface area contributed by atoms with E-state index < -0.39 is 11.2 Å². The topological polar surface area (TPSA) is 90.9 Å². The van der Waals surface area contributed by atoms with Crippen molar-refractivity contribution in [3.63, 3.8) is 0 Å². The quantitative estimate of drug-likeness (QED) is 0.407. The lowest BCUT2D eigenvalue weighted by Crippen LogP contribution is -2.46. The number of fused-ring (bicyclic) bond motifs is 1. The van der Waals surface area contributed by atoms with Crippen molar-refractivity contribution in [3.8, 4) is 0 Å². The smallest absolute Gasteiger partial charge is 0.333 e. The maximum Gasteiger partial charge on any atom is 0.333 e. The van der Waals surface area contributed by atoms with E-state index in [1.165, 1.54) is 17.4 Å². The van der Waals surface area contributed by atoms with Gasteiger partial charge in [-0.25, -0.2) is 14.3 Å². The third-order valence-corrected chi connectivity index (χ3v) is 6.88. The fourth-order valence-corrected chi connectivity index (χ4v) is 5.03. The van der Waals surface area contributed by atoms with Gasteiger partial charge in [-0.1, -0.05) is 86.3 Å². The minimum Gasteiger partial charge on any atom is -0.352 e. The molecule has 0 unspecified atom stereocenters. The Morgan fingerprint density at radius 3 is 2.08 bits per heavy atom. The SMILES string of the molecule is O=C(Cn1c(=O)c2c(ncn2Cc2ccccc2)n(Cc2ccccc2)c1=O)NC1CCCCCC1. The van der Waals surface area contributed by atoms with E-state index in [4.69, 9.17) is 0 Å². The number of benzene rings is 2. The zero-order chi connectivity index (χ0) is 24.9. The molecule has 8 heteroatoms. The highest BCUT2D eigenvalue weighted by Crippen LogP contribution is 2.17. The maximum atomic E-state index is 13.6. The number of rotatable bonds is 7. The molecule has 1 aliphatic rings. The Balaban J connectivity index is 1.54. The number of nitrogens with one attached hydrogen (secondary N) is 1. The Morgan fingerprint density at radius 2 is 1.44 bits per heavy atom. The summed E-state index contributed by atoms with van der Waals surface area (Å²) in [6.07, 6.45) is 7.98. The van der Waals surface area contributed by atoms with Gasteiger partial charge in [0.2, 0.25) is 5.91 Å². The van der Waals surface area contributed by atoms with Crippen LogP contribution >= 0.6 is 0 Å². The molecule has 2 aromatic carbocycles. The molecule has 36 heavy (non-hydrogen) atoms. The zero-order valence-corrected chi connectivity index (χ0v) is 20.3.